The zero-order valence-corrected chi connectivity index (χ0v) is 18.4. The smallest absolute Gasteiger partial charge is 0.246 e. The lowest BCUT2D eigenvalue weighted by Gasteiger charge is -2.33. The number of ether oxygens (including phenoxy) is 1. The van der Waals surface area contributed by atoms with Crippen LogP contribution in [0.25, 0.3) is 0 Å². The normalized spacial score (nSPS) is 17.6. The van der Waals surface area contributed by atoms with E-state index < -0.39 is 22.0 Å². The fraction of sp³-hybridized carbons (Fsp3) is 0.579. The van der Waals surface area contributed by atoms with Gasteiger partial charge in [0.1, 0.15) is 22.1 Å². The molecule has 0 radical (unpaired) electrons. The largest absolute Gasteiger partial charge is 0.465 e. The lowest BCUT2D eigenvalue weighted by Crippen LogP contribution is -2.48. The van der Waals surface area contributed by atoms with Gasteiger partial charge in [0.05, 0.1) is 25.3 Å². The molecular formula is C19H28N4O6S. The third kappa shape index (κ3) is 5.09. The molecule has 0 saturated carbocycles. The summed E-state index contributed by atoms with van der Waals surface area (Å²) < 4.78 is 43.8. The number of rotatable bonds is 8. The van der Waals surface area contributed by atoms with Crippen LogP contribution in [0.5, 0.6) is 0 Å². The molecule has 1 fully saturated rings. The molecule has 30 heavy (non-hydrogen) atoms. The van der Waals surface area contributed by atoms with Gasteiger partial charge in [-0.2, -0.15) is 4.72 Å². The van der Waals surface area contributed by atoms with Gasteiger partial charge in [-0.05, 0) is 39.8 Å². The van der Waals surface area contributed by atoms with Crippen molar-refractivity contribution in [3.05, 3.63) is 35.1 Å². The predicted octanol–water partition coefficient (Wildman–Crippen LogP) is 1.05. The number of hydrogen-bond acceptors (Lipinski definition) is 8. The van der Waals surface area contributed by atoms with Crippen molar-refractivity contribution in [1.82, 2.24) is 20.1 Å². The topological polar surface area (TPSA) is 127 Å². The van der Waals surface area contributed by atoms with Gasteiger partial charge in [0.2, 0.25) is 15.9 Å². The minimum atomic E-state index is -3.94. The second-order valence-electron chi connectivity index (χ2n) is 7.35. The van der Waals surface area contributed by atoms with Crippen LogP contribution in [-0.2, 0) is 19.6 Å². The summed E-state index contributed by atoms with van der Waals surface area (Å²) in [5.41, 5.74) is 0.244. The van der Waals surface area contributed by atoms with Gasteiger partial charge in [0.25, 0.3) is 0 Å². The Morgan fingerprint density at radius 3 is 2.50 bits per heavy atom. The summed E-state index contributed by atoms with van der Waals surface area (Å²) in [6.45, 7) is 9.34. The Hall–Kier alpha value is -2.21. The van der Waals surface area contributed by atoms with Crippen LogP contribution < -0.4 is 10.0 Å². The molecule has 0 bridgehead atoms. The highest BCUT2D eigenvalue weighted by molar-refractivity contribution is 7.89. The molecule has 1 amide bonds. The summed E-state index contributed by atoms with van der Waals surface area (Å²) in [5, 5.41) is 6.50. The first kappa shape index (κ1) is 22.5. The van der Waals surface area contributed by atoms with E-state index in [0.717, 1.165) is 11.5 Å². The fourth-order valence-corrected chi connectivity index (χ4v) is 5.02. The zero-order chi connectivity index (χ0) is 21.9. The highest BCUT2D eigenvalue weighted by Crippen LogP contribution is 2.23. The van der Waals surface area contributed by atoms with Crippen LogP contribution in [0, 0.1) is 20.8 Å². The van der Waals surface area contributed by atoms with Gasteiger partial charge in [-0.25, -0.2) is 8.42 Å². The molecule has 1 saturated heterocycles. The first-order valence-electron chi connectivity index (χ1n) is 9.80. The standard InChI is InChI=1S/C19H28N4O6S/c1-12-5-6-17(28-12)16(23-7-9-27-10-8-23)11-20-19(24)14(3)22-30(25,26)18-13(2)21-29-15(18)4/h5-6,14,16,22H,7-11H2,1-4H3,(H,20,24)/t14-,16?/m0/s1. The van der Waals surface area contributed by atoms with Gasteiger partial charge < -0.3 is 19.0 Å². The Morgan fingerprint density at radius 1 is 1.23 bits per heavy atom. The molecule has 10 nitrogen and oxygen atoms in total. The molecule has 2 aromatic heterocycles. The Morgan fingerprint density at radius 2 is 1.93 bits per heavy atom. The van der Waals surface area contributed by atoms with Gasteiger partial charge in [0.15, 0.2) is 5.76 Å². The average molecular weight is 441 g/mol. The van der Waals surface area contributed by atoms with Crippen molar-refractivity contribution in [3.8, 4) is 0 Å². The number of nitrogens with zero attached hydrogens (tertiary/aromatic N) is 2. The number of sulfonamides is 1. The number of carbonyl (C=O) groups is 1. The number of aryl methyl sites for hydroxylation is 3. The van der Waals surface area contributed by atoms with Gasteiger partial charge >= 0.3 is 0 Å². The summed E-state index contributed by atoms with van der Waals surface area (Å²) in [6.07, 6.45) is 0. The molecule has 2 aromatic rings. The maximum absolute atomic E-state index is 12.6. The van der Waals surface area contributed by atoms with Crippen molar-refractivity contribution in [2.45, 2.75) is 44.7 Å². The number of amides is 1. The van der Waals surface area contributed by atoms with Crippen LogP contribution >= 0.6 is 0 Å². The minimum absolute atomic E-state index is 0.0422. The molecular weight excluding hydrogens is 412 g/mol. The van der Waals surface area contributed by atoms with Crippen LogP contribution in [-0.4, -0.2) is 63.3 Å². The summed E-state index contributed by atoms with van der Waals surface area (Å²) in [7, 11) is -3.94. The molecule has 1 aliphatic heterocycles. The van der Waals surface area contributed by atoms with Gasteiger partial charge in [-0.15, -0.1) is 0 Å². The summed E-state index contributed by atoms with van der Waals surface area (Å²) >= 11 is 0. The van der Waals surface area contributed by atoms with Crippen molar-refractivity contribution in [2.24, 2.45) is 0 Å². The Labute approximate surface area is 176 Å². The van der Waals surface area contributed by atoms with Crippen molar-refractivity contribution in [3.63, 3.8) is 0 Å². The lowest BCUT2D eigenvalue weighted by atomic mass is 10.1. The van der Waals surface area contributed by atoms with Gasteiger partial charge in [0, 0.05) is 19.6 Å². The van der Waals surface area contributed by atoms with Crippen LogP contribution in [0.15, 0.2) is 26.0 Å². The Bertz CT molecular complexity index is 958. The number of aromatic nitrogens is 1. The fourth-order valence-electron chi connectivity index (χ4n) is 3.49. The highest BCUT2D eigenvalue weighted by atomic mass is 32.2. The Kier molecular flexibility index (Phi) is 6.96. The van der Waals surface area contributed by atoms with Crippen molar-refractivity contribution in [2.75, 3.05) is 32.8 Å². The maximum atomic E-state index is 12.6. The van der Waals surface area contributed by atoms with E-state index in [0.29, 0.717) is 26.3 Å². The molecule has 2 atom stereocenters. The molecule has 3 heterocycles. The van der Waals surface area contributed by atoms with Crippen LogP contribution in [0.4, 0.5) is 0 Å². The van der Waals surface area contributed by atoms with E-state index in [2.05, 4.69) is 20.1 Å². The first-order chi connectivity index (χ1) is 14.2. The number of hydrogen-bond donors (Lipinski definition) is 2. The molecule has 0 spiro atoms. The monoisotopic (exact) mass is 440 g/mol. The van der Waals surface area contributed by atoms with Crippen molar-refractivity contribution < 1.29 is 26.9 Å². The van der Waals surface area contributed by atoms with E-state index >= 15 is 0 Å². The molecule has 1 aliphatic rings. The first-order valence-corrected chi connectivity index (χ1v) is 11.3. The number of furan rings is 1. The highest BCUT2D eigenvalue weighted by Gasteiger charge is 2.30. The predicted molar refractivity (Wildman–Crippen MR) is 107 cm³/mol. The molecule has 3 rings (SSSR count). The van der Waals surface area contributed by atoms with E-state index in [-0.39, 0.29) is 28.9 Å². The van der Waals surface area contributed by atoms with Crippen LogP contribution in [0.1, 0.15) is 35.9 Å². The van der Waals surface area contributed by atoms with Gasteiger partial charge in [-0.1, -0.05) is 5.16 Å². The molecule has 166 valence electrons. The van der Waals surface area contributed by atoms with E-state index in [9.17, 15) is 13.2 Å². The average Bonchev–Trinajstić information content (AvgIpc) is 3.27. The van der Waals surface area contributed by atoms with Crippen LogP contribution in [0.3, 0.4) is 0 Å². The molecule has 0 aliphatic carbocycles. The zero-order valence-electron chi connectivity index (χ0n) is 17.6. The quantitative estimate of drug-likeness (QED) is 0.624. The van der Waals surface area contributed by atoms with E-state index in [4.69, 9.17) is 13.7 Å². The van der Waals surface area contributed by atoms with E-state index in [1.807, 2.05) is 19.1 Å². The second-order valence-corrected chi connectivity index (χ2v) is 9.00. The SMILES string of the molecule is Cc1ccc(C(CNC(=O)[C@H](C)NS(=O)(=O)c2c(C)noc2C)N2CCOCC2)o1. The summed E-state index contributed by atoms with van der Waals surface area (Å²) in [4.78, 5) is 14.8. The number of carbonyl (C=O) groups excluding carboxylic acids is 1. The third-order valence-corrected chi connectivity index (χ3v) is 6.79. The minimum Gasteiger partial charge on any atom is -0.465 e. The molecule has 0 aromatic carbocycles. The summed E-state index contributed by atoms with van der Waals surface area (Å²) in [6, 6.07) is 2.63. The molecule has 11 heteroatoms. The molecule has 1 unspecified atom stereocenters. The second kappa shape index (κ2) is 9.29. The molecule has 2 N–H and O–H groups in total. The van der Waals surface area contributed by atoms with E-state index in [1.165, 1.54) is 20.8 Å². The Balaban J connectivity index is 1.66. The van der Waals surface area contributed by atoms with E-state index in [1.54, 1.807) is 0 Å². The summed E-state index contributed by atoms with van der Waals surface area (Å²) in [5.74, 6) is 1.27. The number of morpholine rings is 1. The maximum Gasteiger partial charge on any atom is 0.246 e. The number of nitrogens with one attached hydrogen (secondary N) is 2. The van der Waals surface area contributed by atoms with Gasteiger partial charge in [-0.3, -0.25) is 9.69 Å². The van der Waals surface area contributed by atoms with Crippen molar-refractivity contribution in [1.29, 1.82) is 0 Å². The van der Waals surface area contributed by atoms with Crippen molar-refractivity contribution >= 4 is 15.9 Å². The van der Waals surface area contributed by atoms with Crippen LogP contribution in [0.2, 0.25) is 0 Å². The lowest BCUT2D eigenvalue weighted by molar-refractivity contribution is -0.122. The third-order valence-electron chi connectivity index (χ3n) is 5.01.